The lowest BCUT2D eigenvalue weighted by molar-refractivity contribution is -0.137. The normalized spacial score (nSPS) is 11.6. The van der Waals surface area contributed by atoms with Crippen molar-refractivity contribution >= 4 is 38.9 Å². The number of amides is 1. The average molecular weight is 529 g/mol. The largest absolute Gasteiger partial charge is 0.494 e. The standard InChI is InChI=1S/C23H20ClF3N2O5S/c1-2-33-17-6-4-16(5-7-17)29-35(31,32)19-10-8-18(9-11-19)34-14-22(30)28-21-13-15(23(25,26)27)3-12-20(21)24/h3-13,29H,2,14H2,1H3,(H,28,30). The topological polar surface area (TPSA) is 93.7 Å². The molecular weight excluding hydrogens is 509 g/mol. The number of halogens is 4. The zero-order valence-corrected chi connectivity index (χ0v) is 19.8. The van der Waals surface area contributed by atoms with E-state index in [0.717, 1.165) is 18.2 Å². The maximum Gasteiger partial charge on any atom is 0.416 e. The van der Waals surface area contributed by atoms with Gasteiger partial charge in [0.25, 0.3) is 15.9 Å². The van der Waals surface area contributed by atoms with Gasteiger partial charge in [-0.1, -0.05) is 11.6 Å². The van der Waals surface area contributed by atoms with Crippen LogP contribution in [0.3, 0.4) is 0 Å². The molecule has 0 bridgehead atoms. The van der Waals surface area contributed by atoms with Crippen LogP contribution < -0.4 is 19.5 Å². The summed E-state index contributed by atoms with van der Waals surface area (Å²) in [7, 11) is -3.88. The number of carbonyl (C=O) groups excluding carboxylic acids is 1. The Morgan fingerprint density at radius 3 is 2.14 bits per heavy atom. The molecule has 35 heavy (non-hydrogen) atoms. The molecular formula is C23H20ClF3N2O5S. The van der Waals surface area contributed by atoms with Crippen LogP contribution in [0.15, 0.2) is 71.6 Å². The smallest absolute Gasteiger partial charge is 0.416 e. The minimum atomic E-state index is -4.59. The summed E-state index contributed by atoms with van der Waals surface area (Å²) in [4.78, 5) is 12.1. The van der Waals surface area contributed by atoms with Crippen molar-refractivity contribution < 1.29 is 35.9 Å². The molecule has 0 aliphatic heterocycles. The first-order valence-electron chi connectivity index (χ1n) is 10.1. The number of carbonyl (C=O) groups is 1. The molecule has 0 unspecified atom stereocenters. The molecule has 0 heterocycles. The van der Waals surface area contributed by atoms with E-state index in [1.165, 1.54) is 24.3 Å². The fourth-order valence-corrected chi connectivity index (χ4v) is 4.07. The van der Waals surface area contributed by atoms with E-state index in [1.54, 1.807) is 24.3 Å². The Morgan fingerprint density at radius 2 is 1.54 bits per heavy atom. The number of rotatable bonds is 9. The van der Waals surface area contributed by atoms with Crippen LogP contribution >= 0.6 is 11.6 Å². The second-order valence-electron chi connectivity index (χ2n) is 7.06. The molecule has 0 radical (unpaired) electrons. The van der Waals surface area contributed by atoms with Crippen molar-refractivity contribution in [2.75, 3.05) is 23.3 Å². The fraction of sp³-hybridized carbons (Fsp3) is 0.174. The lowest BCUT2D eigenvalue weighted by Crippen LogP contribution is -2.21. The predicted molar refractivity (Wildman–Crippen MR) is 125 cm³/mol. The van der Waals surface area contributed by atoms with Gasteiger partial charge in [0.05, 0.1) is 27.8 Å². The lowest BCUT2D eigenvalue weighted by Gasteiger charge is -2.12. The summed E-state index contributed by atoms with van der Waals surface area (Å²) in [5.41, 5.74) is -0.829. The van der Waals surface area contributed by atoms with Crippen LogP contribution in [-0.4, -0.2) is 27.5 Å². The highest BCUT2D eigenvalue weighted by atomic mass is 35.5. The average Bonchev–Trinajstić information content (AvgIpc) is 2.80. The number of benzene rings is 3. The van der Waals surface area contributed by atoms with E-state index in [1.807, 2.05) is 6.92 Å². The molecule has 0 aliphatic rings. The van der Waals surface area contributed by atoms with Crippen LogP contribution in [-0.2, 0) is 21.0 Å². The molecule has 7 nitrogen and oxygen atoms in total. The molecule has 0 saturated carbocycles. The summed E-state index contributed by atoms with van der Waals surface area (Å²) >= 11 is 5.86. The van der Waals surface area contributed by atoms with Gasteiger partial charge in [-0.25, -0.2) is 8.42 Å². The molecule has 0 saturated heterocycles. The van der Waals surface area contributed by atoms with Crippen molar-refractivity contribution in [2.24, 2.45) is 0 Å². The van der Waals surface area contributed by atoms with Crippen LogP contribution in [0.25, 0.3) is 0 Å². The van der Waals surface area contributed by atoms with Crippen molar-refractivity contribution in [2.45, 2.75) is 18.0 Å². The van der Waals surface area contributed by atoms with Gasteiger partial charge in [-0.15, -0.1) is 0 Å². The van der Waals surface area contributed by atoms with Gasteiger partial charge in [0.2, 0.25) is 0 Å². The van der Waals surface area contributed by atoms with E-state index in [9.17, 15) is 26.4 Å². The van der Waals surface area contributed by atoms with Gasteiger partial charge in [-0.3, -0.25) is 9.52 Å². The molecule has 0 spiro atoms. The van der Waals surface area contributed by atoms with Crippen LogP contribution in [0.4, 0.5) is 24.5 Å². The van der Waals surface area contributed by atoms with Gasteiger partial charge in [0, 0.05) is 5.69 Å². The number of hydrogen-bond acceptors (Lipinski definition) is 5. The summed E-state index contributed by atoms with van der Waals surface area (Å²) in [5.74, 6) is 0.0340. The third-order valence-corrected chi connectivity index (χ3v) is 6.22. The molecule has 3 aromatic carbocycles. The minimum Gasteiger partial charge on any atom is -0.494 e. The Kier molecular flexibility index (Phi) is 8.13. The van der Waals surface area contributed by atoms with Crippen LogP contribution in [0.5, 0.6) is 11.5 Å². The number of anilines is 2. The Hall–Kier alpha value is -3.44. The highest BCUT2D eigenvalue weighted by Gasteiger charge is 2.31. The predicted octanol–water partition coefficient (Wildman–Crippen LogP) is 5.58. The van der Waals surface area contributed by atoms with Gasteiger partial charge in [-0.2, -0.15) is 13.2 Å². The van der Waals surface area contributed by atoms with Crippen molar-refractivity contribution in [1.82, 2.24) is 0 Å². The molecule has 0 aliphatic carbocycles. The zero-order valence-electron chi connectivity index (χ0n) is 18.2. The maximum atomic E-state index is 12.9. The van der Waals surface area contributed by atoms with Crippen molar-refractivity contribution in [3.8, 4) is 11.5 Å². The van der Waals surface area contributed by atoms with E-state index >= 15 is 0 Å². The van der Waals surface area contributed by atoms with Crippen molar-refractivity contribution in [3.63, 3.8) is 0 Å². The van der Waals surface area contributed by atoms with E-state index in [4.69, 9.17) is 21.1 Å². The first-order chi connectivity index (χ1) is 16.5. The van der Waals surface area contributed by atoms with Gasteiger partial charge in [0.15, 0.2) is 6.61 Å². The Bertz CT molecular complexity index is 1280. The molecule has 3 rings (SSSR count). The Morgan fingerprint density at radius 1 is 0.943 bits per heavy atom. The van der Waals surface area contributed by atoms with Gasteiger partial charge >= 0.3 is 6.18 Å². The number of hydrogen-bond donors (Lipinski definition) is 2. The third kappa shape index (κ3) is 7.27. The van der Waals surface area contributed by atoms with Crippen molar-refractivity contribution in [1.29, 1.82) is 0 Å². The molecule has 12 heteroatoms. The van der Waals surface area contributed by atoms with E-state index in [0.29, 0.717) is 18.0 Å². The SMILES string of the molecule is CCOc1ccc(NS(=O)(=O)c2ccc(OCC(=O)Nc3cc(C(F)(F)F)ccc3Cl)cc2)cc1. The second kappa shape index (κ2) is 10.9. The number of nitrogens with one attached hydrogen (secondary N) is 2. The second-order valence-corrected chi connectivity index (χ2v) is 9.15. The third-order valence-electron chi connectivity index (χ3n) is 4.49. The molecule has 186 valence electrons. The molecule has 1 amide bonds. The Balaban J connectivity index is 1.59. The summed E-state index contributed by atoms with van der Waals surface area (Å²) in [6, 6.07) is 14.2. The summed E-state index contributed by atoms with van der Waals surface area (Å²) < 4.78 is 76.8. The van der Waals surface area contributed by atoms with E-state index in [-0.39, 0.29) is 21.4 Å². The lowest BCUT2D eigenvalue weighted by atomic mass is 10.2. The molecule has 2 N–H and O–H groups in total. The van der Waals surface area contributed by atoms with E-state index < -0.39 is 34.3 Å². The van der Waals surface area contributed by atoms with Gasteiger partial charge in [-0.05, 0) is 73.7 Å². The summed E-state index contributed by atoms with van der Waals surface area (Å²) in [6.07, 6.45) is -4.59. The molecule has 0 atom stereocenters. The highest BCUT2D eigenvalue weighted by Crippen LogP contribution is 2.33. The molecule has 3 aromatic rings. The van der Waals surface area contributed by atoms with Gasteiger partial charge in [0.1, 0.15) is 11.5 Å². The highest BCUT2D eigenvalue weighted by molar-refractivity contribution is 7.92. The first-order valence-corrected chi connectivity index (χ1v) is 12.0. The monoisotopic (exact) mass is 528 g/mol. The molecule has 0 aromatic heterocycles. The zero-order chi connectivity index (χ0) is 25.6. The number of alkyl halides is 3. The van der Waals surface area contributed by atoms with Crippen molar-refractivity contribution in [3.05, 3.63) is 77.3 Å². The quantitative estimate of drug-likeness (QED) is 0.378. The number of sulfonamides is 1. The van der Waals surface area contributed by atoms with Crippen LogP contribution in [0.1, 0.15) is 12.5 Å². The van der Waals surface area contributed by atoms with Gasteiger partial charge < -0.3 is 14.8 Å². The van der Waals surface area contributed by atoms with Crippen LogP contribution in [0, 0.1) is 0 Å². The van der Waals surface area contributed by atoms with Crippen LogP contribution in [0.2, 0.25) is 5.02 Å². The maximum absolute atomic E-state index is 12.9. The fourth-order valence-electron chi connectivity index (χ4n) is 2.85. The van der Waals surface area contributed by atoms with E-state index in [2.05, 4.69) is 10.0 Å². The minimum absolute atomic E-state index is 0.0427. The first kappa shape index (κ1) is 26.2. The summed E-state index contributed by atoms with van der Waals surface area (Å²) in [5, 5.41) is 2.19. The summed E-state index contributed by atoms with van der Waals surface area (Å²) in [6.45, 7) is 1.78. The molecule has 0 fully saturated rings. The number of ether oxygens (including phenoxy) is 2. The Labute approximate surface area is 204 Å².